The van der Waals surface area contributed by atoms with Gasteiger partial charge in [-0.05, 0) is 11.8 Å². The maximum Gasteiger partial charge on any atom is 0.302 e. The van der Waals surface area contributed by atoms with Gasteiger partial charge in [0.05, 0.1) is 6.10 Å². The van der Waals surface area contributed by atoms with E-state index in [1.54, 1.807) is 0 Å². The molecule has 1 aliphatic rings. The summed E-state index contributed by atoms with van der Waals surface area (Å²) in [6.45, 7) is 7.64. The summed E-state index contributed by atoms with van der Waals surface area (Å²) < 4.78 is 18.5. The van der Waals surface area contributed by atoms with E-state index in [4.69, 9.17) is 14.2 Å². The summed E-state index contributed by atoms with van der Waals surface area (Å²) in [5.41, 5.74) is 0. The van der Waals surface area contributed by atoms with Crippen molar-refractivity contribution < 1.29 is 23.8 Å². The lowest BCUT2D eigenvalue weighted by Crippen LogP contribution is -2.48. The largest absolute Gasteiger partial charge is 0.463 e. The Hall–Kier alpha value is -0.790. The second-order valence-corrected chi connectivity index (χ2v) is 5.49. The average molecular weight is 305 g/mol. The van der Waals surface area contributed by atoms with Gasteiger partial charge in [0, 0.05) is 12.8 Å². The lowest BCUT2D eigenvalue weighted by molar-refractivity contribution is -0.253. The van der Waals surface area contributed by atoms with Crippen molar-refractivity contribution in [1.29, 1.82) is 0 Å². The topological polar surface area (TPSA) is 73.9 Å². The number of ether oxygens (including phenoxy) is 3. The SMILES string of the molecule is CC(=O)OCC1OC(OCC(=O)NS)C(C)C(C)C1C. The Morgan fingerprint density at radius 3 is 2.40 bits per heavy atom. The van der Waals surface area contributed by atoms with Crippen LogP contribution in [0.4, 0.5) is 0 Å². The van der Waals surface area contributed by atoms with E-state index in [1.165, 1.54) is 6.92 Å². The summed E-state index contributed by atoms with van der Waals surface area (Å²) in [6, 6.07) is 0. The zero-order valence-electron chi connectivity index (χ0n) is 12.3. The smallest absolute Gasteiger partial charge is 0.302 e. The summed E-state index contributed by atoms with van der Waals surface area (Å²) in [5.74, 6) is 0.0495. The van der Waals surface area contributed by atoms with Crippen molar-refractivity contribution >= 4 is 24.7 Å². The minimum atomic E-state index is -0.493. The van der Waals surface area contributed by atoms with Crippen LogP contribution >= 0.6 is 12.8 Å². The lowest BCUT2D eigenvalue weighted by Gasteiger charge is -2.42. The van der Waals surface area contributed by atoms with Gasteiger partial charge >= 0.3 is 5.97 Å². The Morgan fingerprint density at radius 1 is 1.20 bits per heavy atom. The van der Waals surface area contributed by atoms with Crippen LogP contribution < -0.4 is 4.72 Å². The third-order valence-electron chi connectivity index (χ3n) is 3.94. The maximum absolute atomic E-state index is 11.2. The van der Waals surface area contributed by atoms with E-state index in [1.807, 2.05) is 6.92 Å². The fourth-order valence-corrected chi connectivity index (χ4v) is 2.32. The Labute approximate surface area is 125 Å². The fraction of sp³-hybridized carbons (Fsp3) is 0.846. The molecule has 6 nitrogen and oxygen atoms in total. The number of carbonyl (C=O) groups is 2. The molecule has 0 radical (unpaired) electrons. The molecule has 0 aliphatic carbocycles. The molecule has 116 valence electrons. The number of amides is 1. The van der Waals surface area contributed by atoms with Gasteiger partial charge in [-0.2, -0.15) is 0 Å². The Morgan fingerprint density at radius 2 is 1.85 bits per heavy atom. The van der Waals surface area contributed by atoms with Crippen LogP contribution in [0, 0.1) is 17.8 Å². The van der Waals surface area contributed by atoms with Crippen LogP contribution in [-0.4, -0.2) is 37.5 Å². The molecule has 1 amide bonds. The van der Waals surface area contributed by atoms with Crippen molar-refractivity contribution in [3.63, 3.8) is 0 Å². The molecule has 1 saturated heterocycles. The standard InChI is InChI=1S/C13H23NO5S/c1-7-8(2)11(5-17-10(4)15)19-13(9(7)3)18-6-12(16)14-20/h7-9,11,13,20H,5-6H2,1-4H3,(H,14,16). The van der Waals surface area contributed by atoms with Gasteiger partial charge in [-0.25, -0.2) is 0 Å². The Kier molecular flexibility index (Phi) is 6.78. The van der Waals surface area contributed by atoms with Crippen LogP contribution in [0.25, 0.3) is 0 Å². The van der Waals surface area contributed by atoms with Gasteiger partial charge in [-0.1, -0.05) is 33.6 Å². The van der Waals surface area contributed by atoms with E-state index < -0.39 is 6.29 Å². The summed E-state index contributed by atoms with van der Waals surface area (Å²) in [4.78, 5) is 22.1. The molecular formula is C13H23NO5S. The molecule has 0 saturated carbocycles. The molecule has 1 N–H and O–H groups in total. The van der Waals surface area contributed by atoms with E-state index in [0.717, 1.165) is 0 Å². The molecule has 7 heteroatoms. The van der Waals surface area contributed by atoms with E-state index in [2.05, 4.69) is 31.4 Å². The first-order valence-electron chi connectivity index (χ1n) is 6.70. The predicted molar refractivity (Wildman–Crippen MR) is 75.9 cm³/mol. The molecule has 0 aromatic rings. The van der Waals surface area contributed by atoms with Crippen molar-refractivity contribution in [2.45, 2.75) is 40.1 Å². The highest BCUT2D eigenvalue weighted by atomic mass is 32.1. The predicted octanol–water partition coefficient (Wildman–Crippen LogP) is 1.16. The van der Waals surface area contributed by atoms with Gasteiger partial charge in [0.25, 0.3) is 5.91 Å². The number of rotatable bonds is 5. The number of hydrogen-bond donors (Lipinski definition) is 2. The number of esters is 1. The first-order valence-corrected chi connectivity index (χ1v) is 7.14. The molecule has 0 spiro atoms. The van der Waals surface area contributed by atoms with Gasteiger partial charge in [0.15, 0.2) is 6.29 Å². The minimum Gasteiger partial charge on any atom is -0.463 e. The van der Waals surface area contributed by atoms with Crippen molar-refractivity contribution in [3.8, 4) is 0 Å². The van der Waals surface area contributed by atoms with Crippen LogP contribution in [0.2, 0.25) is 0 Å². The quantitative estimate of drug-likeness (QED) is 0.589. The van der Waals surface area contributed by atoms with Crippen LogP contribution in [0.15, 0.2) is 0 Å². The summed E-state index contributed by atoms with van der Waals surface area (Å²) in [5, 5.41) is 0. The molecule has 20 heavy (non-hydrogen) atoms. The zero-order chi connectivity index (χ0) is 15.3. The second kappa shape index (κ2) is 7.85. The molecule has 0 bridgehead atoms. The van der Waals surface area contributed by atoms with E-state index in [9.17, 15) is 9.59 Å². The molecule has 1 aliphatic heterocycles. The summed E-state index contributed by atoms with van der Waals surface area (Å²) in [6.07, 6.45) is -0.721. The van der Waals surface area contributed by atoms with E-state index in [-0.39, 0.29) is 43.0 Å². The third-order valence-corrected chi connectivity index (χ3v) is 4.19. The number of thiol groups is 1. The molecule has 5 atom stereocenters. The van der Waals surface area contributed by atoms with Crippen LogP contribution in [0.1, 0.15) is 27.7 Å². The molecular weight excluding hydrogens is 282 g/mol. The van der Waals surface area contributed by atoms with Crippen LogP contribution in [-0.2, 0) is 23.8 Å². The molecule has 1 fully saturated rings. The molecule has 1 heterocycles. The molecule has 0 aromatic carbocycles. The highest BCUT2D eigenvalue weighted by molar-refractivity contribution is 7.78. The highest BCUT2D eigenvalue weighted by Gasteiger charge is 2.40. The van der Waals surface area contributed by atoms with Gasteiger partial charge in [0.1, 0.15) is 13.2 Å². The van der Waals surface area contributed by atoms with Crippen LogP contribution in [0.5, 0.6) is 0 Å². The first kappa shape index (κ1) is 17.3. The monoisotopic (exact) mass is 305 g/mol. The van der Waals surface area contributed by atoms with Crippen molar-refractivity contribution in [2.24, 2.45) is 17.8 Å². The van der Waals surface area contributed by atoms with Gasteiger partial charge in [-0.3, -0.25) is 9.59 Å². The van der Waals surface area contributed by atoms with Gasteiger partial charge < -0.3 is 18.9 Å². The summed E-state index contributed by atoms with van der Waals surface area (Å²) >= 11 is 3.66. The van der Waals surface area contributed by atoms with Crippen molar-refractivity contribution in [3.05, 3.63) is 0 Å². The van der Waals surface area contributed by atoms with Crippen molar-refractivity contribution in [1.82, 2.24) is 4.72 Å². The third kappa shape index (κ3) is 4.64. The zero-order valence-corrected chi connectivity index (χ0v) is 13.2. The normalized spacial score (nSPS) is 33.5. The molecule has 1 rings (SSSR count). The molecule has 0 aromatic heterocycles. The van der Waals surface area contributed by atoms with E-state index in [0.29, 0.717) is 5.92 Å². The van der Waals surface area contributed by atoms with Crippen molar-refractivity contribution in [2.75, 3.05) is 13.2 Å². The number of carbonyl (C=O) groups excluding carboxylic acids is 2. The number of hydrogen-bond acceptors (Lipinski definition) is 6. The van der Waals surface area contributed by atoms with Gasteiger partial charge in [-0.15, -0.1) is 0 Å². The highest BCUT2D eigenvalue weighted by Crippen LogP contribution is 2.35. The van der Waals surface area contributed by atoms with Gasteiger partial charge in [0.2, 0.25) is 0 Å². The average Bonchev–Trinajstić information content (AvgIpc) is 2.42. The lowest BCUT2D eigenvalue weighted by atomic mass is 9.79. The Balaban J connectivity index is 2.60. The van der Waals surface area contributed by atoms with Crippen LogP contribution in [0.3, 0.4) is 0 Å². The summed E-state index contributed by atoms with van der Waals surface area (Å²) in [7, 11) is 0. The maximum atomic E-state index is 11.2. The molecule has 5 unspecified atom stereocenters. The first-order chi connectivity index (χ1) is 9.36. The fourth-order valence-electron chi connectivity index (χ4n) is 2.26. The minimum absolute atomic E-state index is 0.111. The number of nitrogens with one attached hydrogen (secondary N) is 1. The van der Waals surface area contributed by atoms with E-state index >= 15 is 0 Å². The second-order valence-electron chi connectivity index (χ2n) is 5.27. The Bertz CT molecular complexity index is 352.